The maximum atomic E-state index is 11.1. The first-order valence-corrected chi connectivity index (χ1v) is 4.79. The van der Waals surface area contributed by atoms with E-state index >= 15 is 0 Å². The number of carbonyl (C=O) groups is 2. The molecule has 0 spiro atoms. The van der Waals surface area contributed by atoms with Crippen LogP contribution in [-0.2, 0) is 16.0 Å². The van der Waals surface area contributed by atoms with Crippen LogP contribution >= 0.6 is 0 Å². The lowest BCUT2D eigenvalue weighted by molar-refractivity contribution is -0.385. The van der Waals surface area contributed by atoms with Crippen molar-refractivity contribution in [2.75, 3.05) is 7.11 Å². The zero-order valence-electron chi connectivity index (χ0n) is 9.43. The predicted molar refractivity (Wildman–Crippen MR) is 58.9 cm³/mol. The fourth-order valence-electron chi connectivity index (χ4n) is 1.50. The quantitative estimate of drug-likeness (QED) is 0.342. The number of aldehydes is 1. The molecule has 0 aliphatic rings. The van der Waals surface area contributed by atoms with Gasteiger partial charge in [-0.15, -0.1) is 0 Å². The number of ether oxygens (including phenoxy) is 1. The minimum atomic E-state index is -0.625. The van der Waals surface area contributed by atoms with Gasteiger partial charge in [0.2, 0.25) is 0 Å². The number of nitrogens with zero attached hydrogens (tertiary/aromatic N) is 1. The molecule has 0 aliphatic heterocycles. The van der Waals surface area contributed by atoms with Gasteiger partial charge in [0.05, 0.1) is 24.0 Å². The number of hydrogen-bond donors (Lipinski definition) is 0. The van der Waals surface area contributed by atoms with Gasteiger partial charge in [0, 0.05) is 11.6 Å². The van der Waals surface area contributed by atoms with E-state index in [2.05, 4.69) is 4.74 Å². The van der Waals surface area contributed by atoms with Gasteiger partial charge in [-0.05, 0) is 18.6 Å². The Labute approximate surface area is 97.3 Å². The molecule has 1 aromatic carbocycles. The number of rotatable bonds is 4. The van der Waals surface area contributed by atoms with Crippen molar-refractivity contribution in [1.29, 1.82) is 0 Å². The summed E-state index contributed by atoms with van der Waals surface area (Å²) >= 11 is 0. The molecule has 0 heterocycles. The summed E-state index contributed by atoms with van der Waals surface area (Å²) < 4.78 is 4.44. The van der Waals surface area contributed by atoms with Crippen molar-refractivity contribution in [2.24, 2.45) is 0 Å². The van der Waals surface area contributed by atoms with Gasteiger partial charge in [0.1, 0.15) is 0 Å². The number of carbonyl (C=O) groups excluding carboxylic acids is 2. The SMILES string of the molecule is COC(=O)Cc1c(C=O)cc(C)cc1[N+](=O)[O-]. The summed E-state index contributed by atoms with van der Waals surface area (Å²) in [5, 5.41) is 10.8. The molecule has 0 radical (unpaired) electrons. The summed E-state index contributed by atoms with van der Waals surface area (Å²) in [5.41, 5.74) is 0.578. The molecule has 0 amide bonds. The van der Waals surface area contributed by atoms with Crippen molar-refractivity contribution >= 4 is 17.9 Å². The molecule has 0 atom stereocenters. The highest BCUT2D eigenvalue weighted by Gasteiger charge is 2.21. The lowest BCUT2D eigenvalue weighted by Gasteiger charge is -2.06. The van der Waals surface area contributed by atoms with Crippen LogP contribution < -0.4 is 0 Å². The van der Waals surface area contributed by atoms with E-state index in [9.17, 15) is 19.7 Å². The fourth-order valence-corrected chi connectivity index (χ4v) is 1.50. The van der Waals surface area contributed by atoms with Crippen LogP contribution in [-0.4, -0.2) is 24.3 Å². The maximum absolute atomic E-state index is 11.1. The third-order valence-corrected chi connectivity index (χ3v) is 2.28. The molecular formula is C11H11NO5. The molecule has 6 heteroatoms. The molecule has 1 aromatic rings. The summed E-state index contributed by atoms with van der Waals surface area (Å²) in [4.78, 5) is 32.2. The minimum Gasteiger partial charge on any atom is -0.469 e. The van der Waals surface area contributed by atoms with Crippen LogP contribution in [0.3, 0.4) is 0 Å². The highest BCUT2D eigenvalue weighted by atomic mass is 16.6. The van der Waals surface area contributed by atoms with Gasteiger partial charge in [-0.2, -0.15) is 0 Å². The zero-order valence-corrected chi connectivity index (χ0v) is 9.43. The van der Waals surface area contributed by atoms with Crippen molar-refractivity contribution in [3.8, 4) is 0 Å². The van der Waals surface area contributed by atoms with Gasteiger partial charge in [-0.3, -0.25) is 19.7 Å². The average Bonchev–Trinajstić information content (AvgIpc) is 2.30. The van der Waals surface area contributed by atoms with Gasteiger partial charge >= 0.3 is 5.97 Å². The Kier molecular flexibility index (Phi) is 3.92. The monoisotopic (exact) mass is 237 g/mol. The van der Waals surface area contributed by atoms with E-state index < -0.39 is 10.9 Å². The topological polar surface area (TPSA) is 86.5 Å². The van der Waals surface area contributed by atoms with Gasteiger partial charge in [0.15, 0.2) is 6.29 Å². The largest absolute Gasteiger partial charge is 0.469 e. The summed E-state index contributed by atoms with van der Waals surface area (Å²) in [6.07, 6.45) is 0.208. The van der Waals surface area contributed by atoms with E-state index in [-0.39, 0.29) is 23.2 Å². The third-order valence-electron chi connectivity index (χ3n) is 2.28. The molecule has 0 bridgehead atoms. The Hall–Kier alpha value is -2.24. The number of methoxy groups -OCH3 is 1. The number of benzene rings is 1. The summed E-state index contributed by atoms with van der Waals surface area (Å²) in [6.45, 7) is 1.64. The zero-order chi connectivity index (χ0) is 13.0. The number of nitro groups is 1. The van der Waals surface area contributed by atoms with Crippen LogP contribution in [0.5, 0.6) is 0 Å². The van der Waals surface area contributed by atoms with Gasteiger partial charge in [-0.25, -0.2) is 0 Å². The van der Waals surface area contributed by atoms with E-state index in [1.54, 1.807) is 6.92 Å². The highest BCUT2D eigenvalue weighted by Crippen LogP contribution is 2.24. The predicted octanol–water partition coefficient (Wildman–Crippen LogP) is 1.43. The van der Waals surface area contributed by atoms with Crippen molar-refractivity contribution in [3.63, 3.8) is 0 Å². The van der Waals surface area contributed by atoms with Crippen molar-refractivity contribution in [3.05, 3.63) is 38.9 Å². The van der Waals surface area contributed by atoms with E-state index in [1.807, 2.05) is 0 Å². The van der Waals surface area contributed by atoms with E-state index in [1.165, 1.54) is 19.2 Å². The molecule has 0 N–H and O–H groups in total. The smallest absolute Gasteiger partial charge is 0.310 e. The van der Waals surface area contributed by atoms with Crippen LogP contribution in [0.15, 0.2) is 12.1 Å². The Bertz CT molecular complexity index is 481. The number of esters is 1. The Morgan fingerprint density at radius 2 is 2.18 bits per heavy atom. The summed E-state index contributed by atoms with van der Waals surface area (Å²) in [6, 6.07) is 2.82. The Balaban J connectivity index is 3.36. The Morgan fingerprint density at radius 1 is 1.53 bits per heavy atom. The maximum Gasteiger partial charge on any atom is 0.310 e. The standard InChI is InChI=1S/C11H11NO5/c1-7-3-8(6-13)9(5-11(14)17-2)10(4-7)12(15)16/h3-4,6H,5H2,1-2H3. The first kappa shape index (κ1) is 12.8. The van der Waals surface area contributed by atoms with Gasteiger partial charge < -0.3 is 4.74 Å². The van der Waals surface area contributed by atoms with Gasteiger partial charge in [0.25, 0.3) is 5.69 Å². The van der Waals surface area contributed by atoms with Crippen molar-refractivity contribution in [1.82, 2.24) is 0 Å². The fraction of sp³-hybridized carbons (Fsp3) is 0.273. The molecule has 0 saturated carbocycles. The van der Waals surface area contributed by atoms with Gasteiger partial charge in [-0.1, -0.05) is 0 Å². The van der Waals surface area contributed by atoms with Crippen molar-refractivity contribution < 1.29 is 19.2 Å². The average molecular weight is 237 g/mol. The van der Waals surface area contributed by atoms with E-state index in [4.69, 9.17) is 0 Å². The Morgan fingerprint density at radius 3 is 2.65 bits per heavy atom. The first-order valence-electron chi connectivity index (χ1n) is 4.79. The molecule has 1 rings (SSSR count). The minimum absolute atomic E-state index is 0.0856. The lowest BCUT2D eigenvalue weighted by atomic mass is 10.0. The van der Waals surface area contributed by atoms with Crippen LogP contribution in [0.2, 0.25) is 0 Å². The molecule has 17 heavy (non-hydrogen) atoms. The molecule has 0 aromatic heterocycles. The van der Waals surface area contributed by atoms with E-state index in [0.717, 1.165) is 0 Å². The highest BCUT2D eigenvalue weighted by molar-refractivity contribution is 5.84. The summed E-state index contributed by atoms with van der Waals surface area (Å²) in [5.74, 6) is -0.625. The second-order valence-corrected chi connectivity index (χ2v) is 3.48. The number of aryl methyl sites for hydroxylation is 1. The molecular weight excluding hydrogens is 226 g/mol. The first-order chi connectivity index (χ1) is 7.99. The summed E-state index contributed by atoms with van der Waals surface area (Å²) in [7, 11) is 1.18. The van der Waals surface area contributed by atoms with E-state index in [0.29, 0.717) is 11.8 Å². The lowest BCUT2D eigenvalue weighted by Crippen LogP contribution is -2.09. The third kappa shape index (κ3) is 2.87. The normalized spacial score (nSPS) is 9.76. The second kappa shape index (κ2) is 5.20. The molecule has 0 fully saturated rings. The van der Waals surface area contributed by atoms with Crippen LogP contribution in [0.4, 0.5) is 5.69 Å². The molecule has 90 valence electrons. The molecule has 6 nitrogen and oxygen atoms in total. The number of nitro benzene ring substituents is 1. The number of hydrogen-bond acceptors (Lipinski definition) is 5. The van der Waals surface area contributed by atoms with Crippen LogP contribution in [0.25, 0.3) is 0 Å². The molecule has 0 saturated heterocycles. The van der Waals surface area contributed by atoms with Crippen molar-refractivity contribution in [2.45, 2.75) is 13.3 Å². The van der Waals surface area contributed by atoms with Crippen LogP contribution in [0, 0.1) is 17.0 Å². The van der Waals surface area contributed by atoms with Crippen LogP contribution in [0.1, 0.15) is 21.5 Å². The molecule has 0 unspecified atom stereocenters. The molecule has 0 aliphatic carbocycles. The second-order valence-electron chi connectivity index (χ2n) is 3.48.